The van der Waals surface area contributed by atoms with E-state index in [0.717, 1.165) is 42.6 Å². The number of aryl methyl sites for hydroxylation is 3. The first-order valence-corrected chi connectivity index (χ1v) is 11.8. The lowest BCUT2D eigenvalue weighted by atomic mass is 9.79. The molecule has 4 rings (SSSR count). The van der Waals surface area contributed by atoms with E-state index in [1.807, 2.05) is 27.0 Å². The number of rotatable bonds is 7. The molecule has 0 spiro atoms. The molecule has 2 N–H and O–H groups in total. The van der Waals surface area contributed by atoms with Crippen LogP contribution in [0.4, 0.5) is 5.82 Å². The molecule has 1 fully saturated rings. The first-order chi connectivity index (χ1) is 16.4. The van der Waals surface area contributed by atoms with Gasteiger partial charge in [0.1, 0.15) is 17.6 Å². The maximum Gasteiger partial charge on any atom is 0.270 e. The van der Waals surface area contributed by atoms with Crippen LogP contribution in [0.25, 0.3) is 11.3 Å². The lowest BCUT2D eigenvalue weighted by Gasteiger charge is -2.32. The molecule has 1 saturated carbocycles. The van der Waals surface area contributed by atoms with Gasteiger partial charge < -0.3 is 10.6 Å². The van der Waals surface area contributed by atoms with Gasteiger partial charge in [-0.1, -0.05) is 25.0 Å². The summed E-state index contributed by atoms with van der Waals surface area (Å²) in [5.74, 6) is 0.593. The van der Waals surface area contributed by atoms with Crippen molar-refractivity contribution in [1.82, 2.24) is 35.1 Å². The standard InChI is InChI=1S/C24H32N8O2/c1-5-32-19(12-13-26-32)23(33)28-21(17-8-6-15(2)7-9-17)24(34)27-20-11-10-18(14-25-20)22-16(3)29-30-31(22)4/h10-15,17,21H,5-9H2,1-4H3,(H,28,33)(H,25,27,34)/t15-,17-,21-/m0/s1. The third kappa shape index (κ3) is 5.00. The number of pyridine rings is 1. The maximum absolute atomic E-state index is 13.4. The number of nitrogens with zero attached hydrogens (tertiary/aromatic N) is 6. The van der Waals surface area contributed by atoms with Crippen molar-refractivity contribution >= 4 is 17.6 Å². The lowest BCUT2D eigenvalue weighted by Crippen LogP contribution is -2.49. The molecule has 3 heterocycles. The van der Waals surface area contributed by atoms with Gasteiger partial charge >= 0.3 is 0 Å². The maximum atomic E-state index is 13.4. The highest BCUT2D eigenvalue weighted by molar-refractivity contribution is 6.00. The molecule has 3 aromatic rings. The molecule has 10 nitrogen and oxygen atoms in total. The van der Waals surface area contributed by atoms with Crippen LogP contribution in [0.5, 0.6) is 0 Å². The molecular weight excluding hydrogens is 432 g/mol. The van der Waals surface area contributed by atoms with Gasteiger partial charge in [0, 0.05) is 31.5 Å². The van der Waals surface area contributed by atoms with Crippen LogP contribution in [-0.2, 0) is 18.4 Å². The second-order valence-electron chi connectivity index (χ2n) is 9.07. The summed E-state index contributed by atoms with van der Waals surface area (Å²) in [7, 11) is 1.83. The zero-order valence-electron chi connectivity index (χ0n) is 20.2. The van der Waals surface area contributed by atoms with Gasteiger partial charge in [0.05, 0.1) is 11.4 Å². The molecule has 1 aliphatic rings. The van der Waals surface area contributed by atoms with E-state index >= 15 is 0 Å². The molecule has 1 aliphatic carbocycles. The molecule has 34 heavy (non-hydrogen) atoms. The number of carbonyl (C=O) groups is 2. The van der Waals surface area contributed by atoms with E-state index in [2.05, 4.69) is 38.0 Å². The van der Waals surface area contributed by atoms with Crippen molar-refractivity contribution < 1.29 is 9.59 Å². The second kappa shape index (κ2) is 10.1. The summed E-state index contributed by atoms with van der Waals surface area (Å²) < 4.78 is 3.32. The van der Waals surface area contributed by atoms with Crippen LogP contribution in [0, 0.1) is 18.8 Å². The number of anilines is 1. The van der Waals surface area contributed by atoms with Gasteiger partial charge in [0.2, 0.25) is 5.91 Å². The molecule has 0 unspecified atom stereocenters. The molecular formula is C24H32N8O2. The zero-order valence-corrected chi connectivity index (χ0v) is 20.2. The summed E-state index contributed by atoms with van der Waals surface area (Å²) in [6.07, 6.45) is 7.17. The molecule has 0 aromatic carbocycles. The second-order valence-corrected chi connectivity index (χ2v) is 9.07. The highest BCUT2D eigenvalue weighted by Gasteiger charge is 2.33. The molecule has 180 valence electrons. The Balaban J connectivity index is 1.51. The van der Waals surface area contributed by atoms with Crippen molar-refractivity contribution in [3.05, 3.63) is 42.0 Å². The number of carbonyl (C=O) groups excluding carboxylic acids is 2. The summed E-state index contributed by atoms with van der Waals surface area (Å²) in [5.41, 5.74) is 3.00. The van der Waals surface area contributed by atoms with E-state index in [0.29, 0.717) is 24.0 Å². The Morgan fingerprint density at radius 1 is 1.18 bits per heavy atom. The molecule has 10 heteroatoms. The quantitative estimate of drug-likeness (QED) is 0.555. The Hall–Kier alpha value is -3.56. The van der Waals surface area contributed by atoms with E-state index < -0.39 is 6.04 Å². The van der Waals surface area contributed by atoms with Gasteiger partial charge in [-0.25, -0.2) is 9.67 Å². The first kappa shape index (κ1) is 23.6. The molecule has 0 saturated heterocycles. The van der Waals surface area contributed by atoms with Crippen LogP contribution in [-0.4, -0.2) is 47.6 Å². The minimum absolute atomic E-state index is 0.0700. The van der Waals surface area contributed by atoms with Crippen molar-refractivity contribution in [2.75, 3.05) is 5.32 Å². The SMILES string of the molecule is CCn1nccc1C(=O)N[C@H](C(=O)Nc1ccc(-c2c(C)nnn2C)cn1)[C@H]1CC[C@H](C)CC1. The Morgan fingerprint density at radius 3 is 2.56 bits per heavy atom. The van der Waals surface area contributed by atoms with Gasteiger partial charge in [0.25, 0.3) is 5.91 Å². The van der Waals surface area contributed by atoms with E-state index in [1.165, 1.54) is 0 Å². The van der Waals surface area contributed by atoms with Crippen LogP contribution in [0.15, 0.2) is 30.6 Å². The number of aromatic nitrogens is 6. The van der Waals surface area contributed by atoms with Gasteiger partial charge in [-0.05, 0) is 56.7 Å². The number of nitrogens with one attached hydrogen (secondary N) is 2. The monoisotopic (exact) mass is 464 g/mol. The van der Waals surface area contributed by atoms with Crippen LogP contribution in [0.3, 0.4) is 0 Å². The highest BCUT2D eigenvalue weighted by Crippen LogP contribution is 2.31. The topological polar surface area (TPSA) is 120 Å². The summed E-state index contributed by atoms with van der Waals surface area (Å²) in [6.45, 7) is 6.62. The van der Waals surface area contributed by atoms with E-state index in [-0.39, 0.29) is 17.7 Å². The van der Waals surface area contributed by atoms with Gasteiger partial charge in [-0.15, -0.1) is 5.10 Å². The van der Waals surface area contributed by atoms with E-state index in [4.69, 9.17) is 0 Å². The Kier molecular flexibility index (Phi) is 7.04. The van der Waals surface area contributed by atoms with Crippen molar-refractivity contribution in [3.63, 3.8) is 0 Å². The van der Waals surface area contributed by atoms with Crippen LogP contribution in [0.1, 0.15) is 55.7 Å². The average Bonchev–Trinajstić information content (AvgIpc) is 3.45. The Bertz CT molecular complexity index is 1120. The van der Waals surface area contributed by atoms with Crippen LogP contribution >= 0.6 is 0 Å². The minimum atomic E-state index is -0.648. The average molecular weight is 465 g/mol. The molecule has 0 bridgehead atoms. The smallest absolute Gasteiger partial charge is 0.270 e. The minimum Gasteiger partial charge on any atom is -0.339 e. The summed E-state index contributed by atoms with van der Waals surface area (Å²) in [4.78, 5) is 30.8. The van der Waals surface area contributed by atoms with Crippen molar-refractivity contribution in [1.29, 1.82) is 0 Å². The normalized spacial score (nSPS) is 18.9. The third-order valence-corrected chi connectivity index (χ3v) is 6.63. The Labute approximate surface area is 199 Å². The lowest BCUT2D eigenvalue weighted by molar-refractivity contribution is -0.119. The fourth-order valence-electron chi connectivity index (χ4n) is 4.68. The summed E-state index contributed by atoms with van der Waals surface area (Å²) in [5, 5.41) is 18.2. The molecule has 0 aliphatic heterocycles. The van der Waals surface area contributed by atoms with Crippen LogP contribution < -0.4 is 10.6 Å². The fourth-order valence-corrected chi connectivity index (χ4v) is 4.68. The summed E-state index contributed by atoms with van der Waals surface area (Å²) in [6, 6.07) is 4.66. The predicted octanol–water partition coefficient (Wildman–Crippen LogP) is 2.97. The van der Waals surface area contributed by atoms with Gasteiger partial charge in [-0.3, -0.25) is 14.3 Å². The Morgan fingerprint density at radius 2 is 1.94 bits per heavy atom. The van der Waals surface area contributed by atoms with Crippen molar-refractivity contribution in [3.8, 4) is 11.3 Å². The van der Waals surface area contributed by atoms with Crippen LogP contribution in [0.2, 0.25) is 0 Å². The van der Waals surface area contributed by atoms with E-state index in [9.17, 15) is 9.59 Å². The number of hydrogen-bond acceptors (Lipinski definition) is 6. The highest BCUT2D eigenvalue weighted by atomic mass is 16.2. The molecule has 1 atom stereocenters. The largest absolute Gasteiger partial charge is 0.339 e. The fraction of sp³-hybridized carbons (Fsp3) is 0.500. The predicted molar refractivity (Wildman–Crippen MR) is 128 cm³/mol. The number of amides is 2. The first-order valence-electron chi connectivity index (χ1n) is 11.8. The van der Waals surface area contributed by atoms with E-state index in [1.54, 1.807) is 33.9 Å². The molecule has 2 amide bonds. The third-order valence-electron chi connectivity index (χ3n) is 6.63. The summed E-state index contributed by atoms with van der Waals surface area (Å²) >= 11 is 0. The molecule has 0 radical (unpaired) electrons. The van der Waals surface area contributed by atoms with Crippen molar-refractivity contribution in [2.24, 2.45) is 18.9 Å². The van der Waals surface area contributed by atoms with Crippen molar-refractivity contribution in [2.45, 2.75) is 59.0 Å². The zero-order chi connectivity index (χ0) is 24.2. The molecule has 3 aromatic heterocycles. The number of hydrogen-bond donors (Lipinski definition) is 2. The van der Waals surface area contributed by atoms with Gasteiger partial charge in [0.15, 0.2) is 0 Å². The van der Waals surface area contributed by atoms with Gasteiger partial charge in [-0.2, -0.15) is 5.10 Å².